The second-order valence-electron chi connectivity index (χ2n) is 5.05. The first kappa shape index (κ1) is 14.8. The van der Waals surface area contributed by atoms with E-state index >= 15 is 0 Å². The largest absolute Gasteiger partial charge is 0.438 e. The molecule has 0 atom stereocenters. The first-order valence-corrected chi connectivity index (χ1v) is 6.64. The molecule has 3 N–H and O–H groups in total. The number of aryl methyl sites for hydroxylation is 3. The fourth-order valence-electron chi connectivity index (χ4n) is 2.04. The summed E-state index contributed by atoms with van der Waals surface area (Å²) < 4.78 is 5.97. The number of ether oxygens (including phenoxy) is 1. The minimum atomic E-state index is -0.0274. The van der Waals surface area contributed by atoms with E-state index in [0.717, 1.165) is 28.1 Å². The summed E-state index contributed by atoms with van der Waals surface area (Å²) in [4.78, 5) is 4.36. The van der Waals surface area contributed by atoms with Crippen LogP contribution in [0, 0.1) is 27.7 Å². The Hall–Kier alpha value is -2.56. The Kier molecular flexibility index (Phi) is 4.12. The quantitative estimate of drug-likeness (QED) is 0.393. The molecular weight excluding hydrogens is 266 g/mol. The van der Waals surface area contributed by atoms with E-state index in [1.165, 1.54) is 0 Å². The van der Waals surface area contributed by atoms with Gasteiger partial charge >= 0.3 is 0 Å². The van der Waals surface area contributed by atoms with Crippen LogP contribution in [-0.2, 0) is 0 Å². The molecule has 2 aromatic rings. The molecule has 5 nitrogen and oxygen atoms in total. The summed E-state index contributed by atoms with van der Waals surface area (Å²) in [7, 11) is 0. The van der Waals surface area contributed by atoms with Crippen LogP contribution < -0.4 is 10.5 Å². The molecule has 0 radical (unpaired) electrons. The molecule has 0 spiro atoms. The van der Waals surface area contributed by atoms with Crippen LogP contribution in [-0.4, -0.2) is 16.0 Å². The predicted octanol–water partition coefficient (Wildman–Crippen LogP) is 3.20. The Balaban J connectivity index is 2.54. The normalized spacial score (nSPS) is 11.5. The predicted molar refractivity (Wildman–Crippen MR) is 82.2 cm³/mol. The summed E-state index contributed by atoms with van der Waals surface area (Å²) in [5.74, 6) is 1.06. The molecule has 1 aromatic carbocycles. The van der Waals surface area contributed by atoms with E-state index in [4.69, 9.17) is 15.7 Å². The zero-order chi connectivity index (χ0) is 15.6. The van der Waals surface area contributed by atoms with Crippen LogP contribution in [0.3, 0.4) is 0 Å². The minimum Gasteiger partial charge on any atom is -0.438 e. The Morgan fingerprint density at radius 3 is 2.43 bits per heavy atom. The fourth-order valence-corrected chi connectivity index (χ4v) is 2.04. The number of pyridine rings is 1. The Labute approximate surface area is 124 Å². The molecule has 1 aromatic heterocycles. The summed E-state index contributed by atoms with van der Waals surface area (Å²) in [5.41, 5.74) is 10.1. The van der Waals surface area contributed by atoms with E-state index in [1.807, 2.05) is 39.8 Å². The first-order valence-electron chi connectivity index (χ1n) is 6.64. The lowest BCUT2D eigenvalue weighted by Gasteiger charge is -2.15. The van der Waals surface area contributed by atoms with Crippen molar-refractivity contribution in [2.45, 2.75) is 27.7 Å². The van der Waals surface area contributed by atoms with Gasteiger partial charge in [-0.15, -0.1) is 0 Å². The molecule has 0 aliphatic carbocycles. The van der Waals surface area contributed by atoms with Gasteiger partial charge < -0.3 is 15.7 Å². The average Bonchev–Trinajstić information content (AvgIpc) is 2.47. The van der Waals surface area contributed by atoms with E-state index in [1.54, 1.807) is 12.1 Å². The zero-order valence-electron chi connectivity index (χ0n) is 12.6. The monoisotopic (exact) mass is 285 g/mol. The topological polar surface area (TPSA) is 80.7 Å². The van der Waals surface area contributed by atoms with Gasteiger partial charge in [0.1, 0.15) is 5.75 Å². The molecule has 0 aliphatic heterocycles. The number of nitrogens with zero attached hydrogens (tertiary/aromatic N) is 2. The van der Waals surface area contributed by atoms with Gasteiger partial charge in [-0.25, -0.2) is 4.98 Å². The van der Waals surface area contributed by atoms with Crippen molar-refractivity contribution in [3.63, 3.8) is 0 Å². The highest BCUT2D eigenvalue weighted by Gasteiger charge is 2.14. The van der Waals surface area contributed by atoms with E-state index in [0.29, 0.717) is 11.4 Å². The molecule has 0 saturated carbocycles. The number of oxime groups is 1. The molecule has 21 heavy (non-hydrogen) atoms. The van der Waals surface area contributed by atoms with E-state index in [2.05, 4.69) is 10.1 Å². The standard InChI is InChI=1S/C16H19N3O2/c1-9-5-6-10(2)14(12(9)4)21-16-13(15(17)19-20)8-7-11(3)18-16/h5-8,20H,1-4H3,(H2,17,19). The lowest BCUT2D eigenvalue weighted by Crippen LogP contribution is -2.15. The molecule has 0 aliphatic rings. The SMILES string of the molecule is Cc1ccc(C(N)=NO)c(Oc2c(C)ccc(C)c2C)n1. The van der Waals surface area contributed by atoms with Crippen LogP contribution >= 0.6 is 0 Å². The maximum Gasteiger partial charge on any atom is 0.230 e. The van der Waals surface area contributed by atoms with Gasteiger partial charge in [0.05, 0.1) is 5.56 Å². The molecule has 2 rings (SSSR count). The number of rotatable bonds is 3. The van der Waals surface area contributed by atoms with Crippen LogP contribution in [0.5, 0.6) is 11.6 Å². The van der Waals surface area contributed by atoms with Gasteiger partial charge in [-0.3, -0.25) is 0 Å². The maximum absolute atomic E-state index is 8.88. The van der Waals surface area contributed by atoms with Crippen molar-refractivity contribution in [3.8, 4) is 11.6 Å². The first-order chi connectivity index (χ1) is 9.93. The average molecular weight is 285 g/mol. The molecule has 110 valence electrons. The minimum absolute atomic E-state index is 0.0274. The third-order valence-electron chi connectivity index (χ3n) is 3.46. The number of hydrogen-bond donors (Lipinski definition) is 2. The van der Waals surface area contributed by atoms with Crippen LogP contribution in [0.2, 0.25) is 0 Å². The van der Waals surface area contributed by atoms with Gasteiger partial charge in [0.15, 0.2) is 5.84 Å². The fraction of sp³-hybridized carbons (Fsp3) is 0.250. The second-order valence-corrected chi connectivity index (χ2v) is 5.05. The maximum atomic E-state index is 8.88. The van der Waals surface area contributed by atoms with Crippen molar-refractivity contribution in [3.05, 3.63) is 52.2 Å². The van der Waals surface area contributed by atoms with Crippen LogP contribution in [0.4, 0.5) is 0 Å². The molecular formula is C16H19N3O2. The molecule has 0 saturated heterocycles. The third-order valence-corrected chi connectivity index (χ3v) is 3.46. The van der Waals surface area contributed by atoms with E-state index < -0.39 is 0 Å². The number of aromatic nitrogens is 1. The van der Waals surface area contributed by atoms with Gasteiger partial charge in [-0.1, -0.05) is 17.3 Å². The molecule has 0 unspecified atom stereocenters. The van der Waals surface area contributed by atoms with Crippen molar-refractivity contribution in [1.29, 1.82) is 0 Å². The summed E-state index contributed by atoms with van der Waals surface area (Å²) in [6, 6.07) is 7.56. The molecule has 0 amide bonds. The lowest BCUT2D eigenvalue weighted by atomic mass is 10.1. The number of nitrogens with two attached hydrogens (primary N) is 1. The van der Waals surface area contributed by atoms with Crippen LogP contribution in [0.15, 0.2) is 29.4 Å². The van der Waals surface area contributed by atoms with Gasteiger partial charge in [0.25, 0.3) is 0 Å². The number of benzene rings is 1. The highest BCUT2D eigenvalue weighted by atomic mass is 16.5. The third kappa shape index (κ3) is 2.97. The number of amidine groups is 1. The highest BCUT2D eigenvalue weighted by Crippen LogP contribution is 2.31. The number of hydrogen-bond acceptors (Lipinski definition) is 4. The van der Waals surface area contributed by atoms with E-state index in [-0.39, 0.29) is 5.84 Å². The highest BCUT2D eigenvalue weighted by molar-refractivity contribution is 5.99. The summed E-state index contributed by atoms with van der Waals surface area (Å²) in [6.07, 6.45) is 0. The Morgan fingerprint density at radius 1 is 1.10 bits per heavy atom. The molecule has 1 heterocycles. The van der Waals surface area contributed by atoms with Gasteiger partial charge in [-0.05, 0) is 56.5 Å². The Morgan fingerprint density at radius 2 is 1.76 bits per heavy atom. The van der Waals surface area contributed by atoms with Gasteiger partial charge in [0, 0.05) is 5.69 Å². The van der Waals surface area contributed by atoms with Crippen LogP contribution in [0.25, 0.3) is 0 Å². The smallest absolute Gasteiger partial charge is 0.230 e. The van der Waals surface area contributed by atoms with Crippen molar-refractivity contribution in [2.75, 3.05) is 0 Å². The van der Waals surface area contributed by atoms with Crippen molar-refractivity contribution >= 4 is 5.84 Å². The Bertz CT molecular complexity index is 709. The van der Waals surface area contributed by atoms with Crippen LogP contribution in [0.1, 0.15) is 27.9 Å². The van der Waals surface area contributed by atoms with Crippen molar-refractivity contribution in [1.82, 2.24) is 4.98 Å². The zero-order valence-corrected chi connectivity index (χ0v) is 12.6. The molecule has 5 heteroatoms. The molecule has 0 bridgehead atoms. The summed E-state index contributed by atoms with van der Waals surface area (Å²) >= 11 is 0. The summed E-state index contributed by atoms with van der Waals surface area (Å²) in [5, 5.41) is 11.9. The van der Waals surface area contributed by atoms with Crippen molar-refractivity contribution < 1.29 is 9.94 Å². The van der Waals surface area contributed by atoms with Crippen molar-refractivity contribution in [2.24, 2.45) is 10.9 Å². The lowest BCUT2D eigenvalue weighted by molar-refractivity contribution is 0.318. The second kappa shape index (κ2) is 5.83. The molecule has 0 fully saturated rings. The van der Waals surface area contributed by atoms with E-state index in [9.17, 15) is 0 Å². The van der Waals surface area contributed by atoms with Gasteiger partial charge in [-0.2, -0.15) is 0 Å². The summed E-state index contributed by atoms with van der Waals surface area (Å²) in [6.45, 7) is 7.85. The van der Waals surface area contributed by atoms with Gasteiger partial charge in [0.2, 0.25) is 5.88 Å².